The minimum atomic E-state index is -0.829. The molecule has 7 heteroatoms. The number of thioether (sulfide) groups is 1. The molecule has 6 nitrogen and oxygen atoms in total. The normalized spacial score (nSPS) is 14.7. The molecule has 0 bridgehead atoms. The Labute approximate surface area is 184 Å². The van der Waals surface area contributed by atoms with Crippen molar-refractivity contribution in [3.05, 3.63) is 96.1 Å². The average Bonchev–Trinajstić information content (AvgIpc) is 2.83. The fourth-order valence-electron chi connectivity index (χ4n) is 3.20. The molecule has 4 rings (SSSR count). The summed E-state index contributed by atoms with van der Waals surface area (Å²) in [4.78, 5) is 24.7. The number of benzene rings is 3. The number of nitrogens with one attached hydrogen (secondary N) is 2. The van der Waals surface area contributed by atoms with E-state index in [9.17, 15) is 9.59 Å². The number of carbonyl (C=O) groups is 2. The molecule has 3 aromatic rings. The molecule has 0 fully saturated rings. The van der Waals surface area contributed by atoms with Crippen LogP contribution >= 0.6 is 11.8 Å². The summed E-state index contributed by atoms with van der Waals surface area (Å²) in [6.07, 6.45) is -0.829. The molecule has 1 aliphatic rings. The first kappa shape index (κ1) is 20.8. The van der Waals surface area contributed by atoms with E-state index in [1.54, 1.807) is 18.2 Å². The molecule has 3 aromatic carbocycles. The molecule has 158 valence electrons. The summed E-state index contributed by atoms with van der Waals surface area (Å²) in [5.41, 5.74) is 7.12. The van der Waals surface area contributed by atoms with E-state index in [1.807, 2.05) is 66.7 Å². The smallest absolute Gasteiger partial charge is 0.283 e. The highest BCUT2D eigenvalue weighted by Gasteiger charge is 2.27. The molecule has 31 heavy (non-hydrogen) atoms. The van der Waals surface area contributed by atoms with Gasteiger partial charge in [-0.05, 0) is 23.3 Å². The monoisotopic (exact) mass is 434 g/mol. The van der Waals surface area contributed by atoms with Gasteiger partial charge >= 0.3 is 0 Å². The summed E-state index contributed by atoms with van der Waals surface area (Å²) < 4.78 is 11.2. The quantitative estimate of drug-likeness (QED) is 0.581. The van der Waals surface area contributed by atoms with Crippen molar-refractivity contribution in [1.82, 2.24) is 10.9 Å². The molecule has 0 aliphatic carbocycles. The van der Waals surface area contributed by atoms with Gasteiger partial charge in [-0.25, -0.2) is 0 Å². The fourth-order valence-corrected chi connectivity index (χ4v) is 4.29. The molecular formula is C24H22N2O4S. The van der Waals surface area contributed by atoms with Crippen LogP contribution in [0.5, 0.6) is 11.5 Å². The van der Waals surface area contributed by atoms with Crippen molar-refractivity contribution < 1.29 is 19.1 Å². The lowest BCUT2D eigenvalue weighted by molar-refractivity contribution is -0.134. The first-order chi connectivity index (χ1) is 15.2. The Morgan fingerprint density at radius 2 is 1.42 bits per heavy atom. The van der Waals surface area contributed by atoms with Crippen molar-refractivity contribution in [1.29, 1.82) is 0 Å². The van der Waals surface area contributed by atoms with Crippen LogP contribution in [0.4, 0.5) is 0 Å². The Kier molecular flexibility index (Phi) is 6.74. The largest absolute Gasteiger partial charge is 0.485 e. The second kappa shape index (κ2) is 10.0. The van der Waals surface area contributed by atoms with Crippen LogP contribution in [0.2, 0.25) is 0 Å². The van der Waals surface area contributed by atoms with Crippen LogP contribution < -0.4 is 20.3 Å². The summed E-state index contributed by atoms with van der Waals surface area (Å²) in [5, 5.41) is 0.00966. The molecule has 0 radical (unpaired) electrons. The van der Waals surface area contributed by atoms with Crippen LogP contribution in [0, 0.1) is 0 Å². The molecular weight excluding hydrogens is 412 g/mol. The number of hydrogen-bond donors (Lipinski definition) is 2. The third kappa shape index (κ3) is 5.38. The number of fused-ring (bicyclic) bond motifs is 1. The molecule has 1 heterocycles. The van der Waals surface area contributed by atoms with Gasteiger partial charge in [0, 0.05) is 0 Å². The van der Waals surface area contributed by atoms with E-state index in [4.69, 9.17) is 9.47 Å². The lowest BCUT2D eigenvalue weighted by Gasteiger charge is -2.25. The minimum Gasteiger partial charge on any atom is -0.485 e. The number of ether oxygens (including phenoxy) is 2. The zero-order chi connectivity index (χ0) is 21.5. The van der Waals surface area contributed by atoms with Gasteiger partial charge in [0.1, 0.15) is 6.61 Å². The summed E-state index contributed by atoms with van der Waals surface area (Å²) in [6, 6.07) is 27.2. The average molecular weight is 435 g/mol. The summed E-state index contributed by atoms with van der Waals surface area (Å²) in [6.45, 7) is 0.0809. The third-order valence-electron chi connectivity index (χ3n) is 4.71. The van der Waals surface area contributed by atoms with Crippen molar-refractivity contribution in [2.45, 2.75) is 11.4 Å². The van der Waals surface area contributed by atoms with Gasteiger partial charge in [-0.2, -0.15) is 0 Å². The predicted molar refractivity (Wildman–Crippen MR) is 120 cm³/mol. The molecule has 1 atom stereocenters. The van der Waals surface area contributed by atoms with Crippen molar-refractivity contribution in [2.75, 3.05) is 12.4 Å². The number of rotatable bonds is 6. The van der Waals surface area contributed by atoms with Crippen molar-refractivity contribution in [2.24, 2.45) is 0 Å². The first-order valence-corrected chi connectivity index (χ1v) is 10.9. The van der Waals surface area contributed by atoms with Gasteiger partial charge in [-0.3, -0.25) is 20.4 Å². The maximum absolute atomic E-state index is 12.4. The molecule has 0 spiro atoms. The van der Waals surface area contributed by atoms with Crippen molar-refractivity contribution in [3.63, 3.8) is 0 Å². The van der Waals surface area contributed by atoms with Gasteiger partial charge in [0.15, 0.2) is 11.5 Å². The zero-order valence-electron chi connectivity index (χ0n) is 16.7. The molecule has 0 unspecified atom stereocenters. The number of para-hydroxylation sites is 2. The van der Waals surface area contributed by atoms with E-state index in [-0.39, 0.29) is 23.5 Å². The van der Waals surface area contributed by atoms with Gasteiger partial charge in [0.2, 0.25) is 12.0 Å². The minimum absolute atomic E-state index is 0.00966. The fraction of sp³-hybridized carbons (Fsp3) is 0.167. The standard InChI is InChI=1S/C24H22N2O4S/c27-22(25-26-24(28)21-15-29-19-13-7-8-14-20(19)30-21)16-31-23(17-9-3-1-4-10-17)18-11-5-2-6-12-18/h1-14,21,23H,15-16H2,(H,25,27)(H,26,28)/t21-/m0/s1. The van der Waals surface area contributed by atoms with E-state index in [1.165, 1.54) is 11.8 Å². The molecule has 2 amide bonds. The SMILES string of the molecule is O=C(CSC(c1ccccc1)c1ccccc1)NNC(=O)[C@@H]1COc2ccccc2O1. The van der Waals surface area contributed by atoms with Gasteiger partial charge in [0.25, 0.3) is 5.91 Å². The first-order valence-electron chi connectivity index (χ1n) is 9.89. The molecule has 0 aromatic heterocycles. The Bertz CT molecular complexity index is 991. The lowest BCUT2D eigenvalue weighted by atomic mass is 10.0. The van der Waals surface area contributed by atoms with Gasteiger partial charge in [0.05, 0.1) is 11.0 Å². The molecule has 1 aliphatic heterocycles. The van der Waals surface area contributed by atoms with Gasteiger partial charge < -0.3 is 9.47 Å². The highest BCUT2D eigenvalue weighted by Crippen LogP contribution is 2.35. The van der Waals surface area contributed by atoms with Gasteiger partial charge in [-0.15, -0.1) is 11.8 Å². The predicted octanol–water partition coefficient (Wildman–Crippen LogP) is 3.50. The third-order valence-corrected chi connectivity index (χ3v) is 6.02. The number of hydrazine groups is 1. The van der Waals surface area contributed by atoms with Crippen LogP contribution in [-0.2, 0) is 9.59 Å². The van der Waals surface area contributed by atoms with E-state index >= 15 is 0 Å². The maximum Gasteiger partial charge on any atom is 0.283 e. The zero-order valence-corrected chi connectivity index (χ0v) is 17.5. The van der Waals surface area contributed by atoms with Crippen LogP contribution in [0.25, 0.3) is 0 Å². The summed E-state index contributed by atoms with van der Waals surface area (Å²) >= 11 is 1.49. The van der Waals surface area contributed by atoms with E-state index in [0.717, 1.165) is 11.1 Å². The summed E-state index contributed by atoms with van der Waals surface area (Å²) in [7, 11) is 0. The van der Waals surface area contributed by atoms with Crippen LogP contribution in [-0.4, -0.2) is 30.3 Å². The second-order valence-electron chi connectivity index (χ2n) is 6.91. The Morgan fingerprint density at radius 1 is 0.839 bits per heavy atom. The number of hydrogen-bond acceptors (Lipinski definition) is 5. The maximum atomic E-state index is 12.4. The second-order valence-corrected chi connectivity index (χ2v) is 8.01. The Hall–Kier alpha value is -3.45. The molecule has 0 saturated heterocycles. The summed E-state index contributed by atoms with van der Waals surface area (Å²) in [5.74, 6) is 0.520. The van der Waals surface area contributed by atoms with Crippen molar-refractivity contribution in [3.8, 4) is 11.5 Å². The van der Waals surface area contributed by atoms with E-state index in [0.29, 0.717) is 11.5 Å². The van der Waals surface area contributed by atoms with E-state index < -0.39 is 12.0 Å². The van der Waals surface area contributed by atoms with Crippen LogP contribution in [0.15, 0.2) is 84.9 Å². The Balaban J connectivity index is 1.30. The van der Waals surface area contributed by atoms with Crippen molar-refractivity contribution >= 4 is 23.6 Å². The van der Waals surface area contributed by atoms with Crippen LogP contribution in [0.3, 0.4) is 0 Å². The highest BCUT2D eigenvalue weighted by molar-refractivity contribution is 8.00. The number of carbonyl (C=O) groups excluding carboxylic acids is 2. The Morgan fingerprint density at radius 3 is 2.06 bits per heavy atom. The highest BCUT2D eigenvalue weighted by atomic mass is 32.2. The number of amides is 2. The molecule has 0 saturated carbocycles. The van der Waals surface area contributed by atoms with Gasteiger partial charge in [-0.1, -0.05) is 72.8 Å². The lowest BCUT2D eigenvalue weighted by Crippen LogP contribution is -2.51. The molecule has 2 N–H and O–H groups in total. The van der Waals surface area contributed by atoms with E-state index in [2.05, 4.69) is 10.9 Å². The van der Waals surface area contributed by atoms with Crippen LogP contribution in [0.1, 0.15) is 16.4 Å². The topological polar surface area (TPSA) is 76.7 Å².